The molecule has 5 nitrogen and oxygen atoms in total. The van der Waals surface area contributed by atoms with Gasteiger partial charge in [0, 0.05) is 6.54 Å². The number of aryl methyl sites for hydroxylation is 2. The van der Waals surface area contributed by atoms with Gasteiger partial charge in [-0.1, -0.05) is 37.3 Å². The van der Waals surface area contributed by atoms with Crippen LogP contribution in [0.25, 0.3) is 11.0 Å². The second-order valence-electron chi connectivity index (χ2n) is 7.48. The molecule has 4 aromatic rings. The number of nitrogens with one attached hydrogen (secondary N) is 1. The summed E-state index contributed by atoms with van der Waals surface area (Å²) in [6, 6.07) is 19.9. The van der Waals surface area contributed by atoms with Crippen molar-refractivity contribution in [1.82, 2.24) is 14.9 Å². The van der Waals surface area contributed by atoms with Crippen LogP contribution in [0.4, 0.5) is 0 Å². The number of thiophene rings is 1. The van der Waals surface area contributed by atoms with Gasteiger partial charge >= 0.3 is 0 Å². The van der Waals surface area contributed by atoms with E-state index in [4.69, 9.17) is 9.72 Å². The molecule has 2 heterocycles. The normalized spacial score (nSPS) is 12.1. The number of rotatable bonds is 9. The second kappa shape index (κ2) is 9.79. The lowest BCUT2D eigenvalue weighted by atomic mass is 10.2. The quantitative estimate of drug-likeness (QED) is 0.349. The summed E-state index contributed by atoms with van der Waals surface area (Å²) in [5.41, 5.74) is 3.31. The maximum Gasteiger partial charge on any atom is 0.261 e. The van der Waals surface area contributed by atoms with Crippen molar-refractivity contribution in [3.63, 3.8) is 0 Å². The molecule has 1 N–H and O–H groups in total. The van der Waals surface area contributed by atoms with Crippen LogP contribution in [-0.4, -0.2) is 22.1 Å². The Morgan fingerprint density at radius 1 is 1.13 bits per heavy atom. The van der Waals surface area contributed by atoms with E-state index < -0.39 is 0 Å². The molecule has 6 heteroatoms. The summed E-state index contributed by atoms with van der Waals surface area (Å²) < 4.78 is 8.12. The summed E-state index contributed by atoms with van der Waals surface area (Å²) in [7, 11) is 0. The predicted molar refractivity (Wildman–Crippen MR) is 126 cm³/mol. The van der Waals surface area contributed by atoms with Gasteiger partial charge < -0.3 is 14.6 Å². The molecule has 0 saturated heterocycles. The molecule has 0 aliphatic rings. The van der Waals surface area contributed by atoms with Crippen molar-refractivity contribution in [2.45, 2.75) is 39.3 Å². The number of para-hydroxylation sites is 2. The molecular weight excluding hydrogens is 406 g/mol. The Morgan fingerprint density at radius 2 is 1.94 bits per heavy atom. The summed E-state index contributed by atoms with van der Waals surface area (Å²) in [5.74, 6) is 1.68. The number of fused-ring (bicyclic) bond motifs is 1. The number of hydrogen-bond donors (Lipinski definition) is 1. The van der Waals surface area contributed by atoms with Crippen molar-refractivity contribution >= 4 is 28.3 Å². The fraction of sp³-hybridized carbons (Fsp3) is 0.280. The molecule has 31 heavy (non-hydrogen) atoms. The van der Waals surface area contributed by atoms with E-state index in [-0.39, 0.29) is 11.9 Å². The monoisotopic (exact) mass is 433 g/mol. The topological polar surface area (TPSA) is 56.1 Å². The first-order chi connectivity index (χ1) is 15.2. The zero-order valence-electron chi connectivity index (χ0n) is 17.9. The highest BCUT2D eigenvalue weighted by atomic mass is 32.1. The van der Waals surface area contributed by atoms with Crippen molar-refractivity contribution < 1.29 is 9.53 Å². The van der Waals surface area contributed by atoms with Crippen molar-refractivity contribution in [2.24, 2.45) is 0 Å². The molecule has 1 unspecified atom stereocenters. The zero-order chi connectivity index (χ0) is 21.6. The minimum Gasteiger partial charge on any atom is -0.494 e. The van der Waals surface area contributed by atoms with Gasteiger partial charge in [0.05, 0.1) is 28.6 Å². The largest absolute Gasteiger partial charge is 0.494 e. The first kappa shape index (κ1) is 21.1. The third-order valence-corrected chi connectivity index (χ3v) is 6.16. The van der Waals surface area contributed by atoms with Gasteiger partial charge in [-0.3, -0.25) is 4.79 Å². The lowest BCUT2D eigenvalue weighted by Crippen LogP contribution is -2.28. The van der Waals surface area contributed by atoms with Gasteiger partial charge in [0.1, 0.15) is 11.6 Å². The number of carbonyl (C=O) groups is 1. The Kier molecular flexibility index (Phi) is 6.67. The fourth-order valence-corrected chi connectivity index (χ4v) is 4.26. The molecule has 0 fully saturated rings. The Morgan fingerprint density at radius 3 is 2.68 bits per heavy atom. The van der Waals surface area contributed by atoms with Crippen LogP contribution in [0.3, 0.4) is 0 Å². The lowest BCUT2D eigenvalue weighted by molar-refractivity contribution is 0.0941. The van der Waals surface area contributed by atoms with Crippen molar-refractivity contribution in [3.8, 4) is 5.75 Å². The van der Waals surface area contributed by atoms with E-state index in [0.29, 0.717) is 11.5 Å². The van der Waals surface area contributed by atoms with E-state index in [1.165, 1.54) is 16.9 Å². The Labute approximate surface area is 186 Å². The third kappa shape index (κ3) is 4.97. The number of carbonyl (C=O) groups excluding carboxylic acids is 1. The number of amides is 1. The molecular formula is C25H27N3O2S. The van der Waals surface area contributed by atoms with Gasteiger partial charge in [0.2, 0.25) is 0 Å². The molecule has 2 aromatic carbocycles. The molecule has 0 bridgehead atoms. The van der Waals surface area contributed by atoms with E-state index >= 15 is 0 Å². The Bertz CT molecular complexity index is 1130. The van der Waals surface area contributed by atoms with E-state index in [0.717, 1.165) is 42.0 Å². The Balaban J connectivity index is 1.45. The average molecular weight is 434 g/mol. The van der Waals surface area contributed by atoms with Crippen molar-refractivity contribution in [1.29, 1.82) is 0 Å². The fourth-order valence-electron chi connectivity index (χ4n) is 3.63. The van der Waals surface area contributed by atoms with Crippen LogP contribution in [0.5, 0.6) is 5.75 Å². The first-order valence-corrected chi connectivity index (χ1v) is 11.5. The summed E-state index contributed by atoms with van der Waals surface area (Å²) in [4.78, 5) is 18.0. The van der Waals surface area contributed by atoms with Gasteiger partial charge in [-0.05, 0) is 61.0 Å². The summed E-state index contributed by atoms with van der Waals surface area (Å²) >= 11 is 1.44. The van der Waals surface area contributed by atoms with Crippen molar-refractivity contribution in [3.05, 3.63) is 82.3 Å². The van der Waals surface area contributed by atoms with Crippen LogP contribution in [0, 0.1) is 0 Å². The lowest BCUT2D eigenvalue weighted by Gasteiger charge is -2.16. The third-order valence-electron chi connectivity index (χ3n) is 5.29. The van der Waals surface area contributed by atoms with Gasteiger partial charge in [-0.25, -0.2) is 4.98 Å². The molecule has 0 spiro atoms. The van der Waals surface area contributed by atoms with Crippen LogP contribution < -0.4 is 10.1 Å². The predicted octanol–water partition coefficient (Wildman–Crippen LogP) is 5.62. The van der Waals surface area contributed by atoms with Crippen molar-refractivity contribution in [2.75, 3.05) is 6.61 Å². The summed E-state index contributed by atoms with van der Waals surface area (Å²) in [5, 5.41) is 4.99. The molecule has 2 aromatic heterocycles. The number of hydrogen-bond acceptors (Lipinski definition) is 4. The number of aromatic nitrogens is 2. The summed E-state index contributed by atoms with van der Waals surface area (Å²) in [6.07, 6.45) is 1.87. The van der Waals surface area contributed by atoms with Gasteiger partial charge in [-0.2, -0.15) is 0 Å². The van der Waals surface area contributed by atoms with E-state index in [2.05, 4.69) is 35.0 Å². The number of nitrogens with zero attached hydrogens (tertiary/aromatic N) is 2. The Hall–Kier alpha value is -3.12. The first-order valence-electron chi connectivity index (χ1n) is 10.7. The maximum atomic E-state index is 12.5. The minimum atomic E-state index is -0.204. The van der Waals surface area contributed by atoms with Crippen LogP contribution in [0.1, 0.15) is 47.4 Å². The molecule has 4 rings (SSSR count). The molecule has 0 aliphatic heterocycles. The summed E-state index contributed by atoms with van der Waals surface area (Å²) in [6.45, 7) is 5.51. The standard InChI is InChI=1S/C25H27N3O2S/c1-3-19-11-13-20(14-12-19)30-16-7-15-28-22-9-5-4-8-21(22)27-24(28)18(2)26-25(29)23-10-6-17-31-23/h4-6,8-14,17-18H,3,7,15-16H2,1-2H3,(H,26,29). The zero-order valence-corrected chi connectivity index (χ0v) is 18.7. The smallest absolute Gasteiger partial charge is 0.261 e. The van der Waals surface area contributed by atoms with Crippen LogP contribution in [0.15, 0.2) is 66.0 Å². The molecule has 1 atom stereocenters. The molecule has 0 radical (unpaired) electrons. The highest BCUT2D eigenvalue weighted by Gasteiger charge is 2.19. The maximum absolute atomic E-state index is 12.5. The van der Waals surface area contributed by atoms with E-state index in [9.17, 15) is 4.79 Å². The van der Waals surface area contributed by atoms with Gasteiger partial charge in [0.25, 0.3) is 5.91 Å². The molecule has 160 valence electrons. The molecule has 0 aliphatic carbocycles. The number of ether oxygens (including phenoxy) is 1. The number of benzene rings is 2. The van der Waals surface area contributed by atoms with Gasteiger partial charge in [0.15, 0.2) is 0 Å². The number of imidazole rings is 1. The van der Waals surface area contributed by atoms with Gasteiger partial charge in [-0.15, -0.1) is 11.3 Å². The SMILES string of the molecule is CCc1ccc(OCCCn2c(C(C)NC(=O)c3cccs3)nc3ccccc32)cc1. The molecule has 1 amide bonds. The van der Waals surface area contributed by atoms with Crippen LogP contribution in [-0.2, 0) is 13.0 Å². The van der Waals surface area contributed by atoms with Crippen LogP contribution >= 0.6 is 11.3 Å². The highest BCUT2D eigenvalue weighted by Crippen LogP contribution is 2.22. The van der Waals surface area contributed by atoms with Crippen LogP contribution in [0.2, 0.25) is 0 Å². The van der Waals surface area contributed by atoms with E-state index in [1.54, 1.807) is 0 Å². The average Bonchev–Trinajstić information content (AvgIpc) is 3.46. The van der Waals surface area contributed by atoms with E-state index in [1.807, 2.05) is 54.8 Å². The molecule has 0 saturated carbocycles. The second-order valence-corrected chi connectivity index (χ2v) is 8.43. The highest BCUT2D eigenvalue weighted by molar-refractivity contribution is 7.12. The minimum absolute atomic E-state index is 0.0695.